The van der Waals surface area contributed by atoms with Gasteiger partial charge in [-0.1, -0.05) is 6.42 Å². The van der Waals surface area contributed by atoms with E-state index in [1.807, 2.05) is 19.0 Å². The molecule has 1 aromatic carbocycles. The fourth-order valence-corrected chi connectivity index (χ4v) is 5.44. The fourth-order valence-electron chi connectivity index (χ4n) is 3.75. The number of piperidine rings is 1. The van der Waals surface area contributed by atoms with Crippen molar-refractivity contribution in [1.82, 2.24) is 19.0 Å². The number of anilines is 1. The maximum absolute atomic E-state index is 13.2. The summed E-state index contributed by atoms with van der Waals surface area (Å²) in [5, 5.41) is 5.79. The Labute approximate surface area is 185 Å². The molecule has 32 heavy (non-hydrogen) atoms. The van der Waals surface area contributed by atoms with Gasteiger partial charge in [0.2, 0.25) is 10.0 Å². The van der Waals surface area contributed by atoms with E-state index in [4.69, 9.17) is 0 Å². The van der Waals surface area contributed by atoms with Crippen molar-refractivity contribution in [3.63, 3.8) is 0 Å². The molecule has 1 fully saturated rings. The molecule has 1 aliphatic rings. The van der Waals surface area contributed by atoms with E-state index < -0.39 is 27.8 Å². The van der Waals surface area contributed by atoms with Crippen LogP contribution in [0.5, 0.6) is 0 Å². The highest BCUT2D eigenvalue weighted by Crippen LogP contribution is 2.29. The van der Waals surface area contributed by atoms with Crippen LogP contribution in [-0.4, -0.2) is 66.5 Å². The van der Waals surface area contributed by atoms with Crippen molar-refractivity contribution in [2.24, 2.45) is 7.05 Å². The molecule has 2 heterocycles. The number of alkyl halides is 3. The molecule has 0 saturated carbocycles. The number of hydrogen-bond acceptors (Lipinski definition) is 5. The van der Waals surface area contributed by atoms with Crippen LogP contribution >= 0.6 is 0 Å². The standard InChI is InChI=1S/C20H26F3N5O3S/c1-26(2)13-15-6-4-5-11-28(15)32(30,31)16-9-7-14(8-10-16)24-19(29)17-12-18(20(21,22)23)25-27(17)3/h7-10,12,15H,4-6,11,13H2,1-3H3,(H,24,29). The largest absolute Gasteiger partial charge is 0.435 e. The summed E-state index contributed by atoms with van der Waals surface area (Å²) in [4.78, 5) is 14.4. The fraction of sp³-hybridized carbons (Fsp3) is 0.500. The third-order valence-corrected chi connectivity index (χ3v) is 7.24. The minimum Gasteiger partial charge on any atom is -0.321 e. The van der Waals surface area contributed by atoms with Crippen LogP contribution in [-0.2, 0) is 23.2 Å². The Balaban J connectivity index is 1.76. The lowest BCUT2D eigenvalue weighted by atomic mass is 10.0. The topological polar surface area (TPSA) is 87.5 Å². The molecule has 1 saturated heterocycles. The monoisotopic (exact) mass is 473 g/mol. The van der Waals surface area contributed by atoms with Crippen molar-refractivity contribution in [2.75, 3.05) is 32.5 Å². The Hall–Kier alpha value is -2.44. The Morgan fingerprint density at radius 1 is 1.22 bits per heavy atom. The van der Waals surface area contributed by atoms with Crippen molar-refractivity contribution >= 4 is 21.6 Å². The Morgan fingerprint density at radius 3 is 2.44 bits per heavy atom. The van der Waals surface area contributed by atoms with E-state index in [0.717, 1.165) is 23.9 Å². The van der Waals surface area contributed by atoms with Crippen LogP contribution < -0.4 is 5.32 Å². The Kier molecular flexibility index (Phi) is 6.96. The van der Waals surface area contributed by atoms with Crippen molar-refractivity contribution < 1.29 is 26.4 Å². The number of likely N-dealkylation sites (N-methyl/N-ethyl adjacent to an activating group) is 1. The maximum atomic E-state index is 13.2. The van der Waals surface area contributed by atoms with Gasteiger partial charge in [0.25, 0.3) is 5.91 Å². The summed E-state index contributed by atoms with van der Waals surface area (Å²) in [5.41, 5.74) is -1.18. The van der Waals surface area contributed by atoms with Crippen LogP contribution in [0.15, 0.2) is 35.2 Å². The van der Waals surface area contributed by atoms with Gasteiger partial charge in [-0.2, -0.15) is 22.6 Å². The summed E-state index contributed by atoms with van der Waals surface area (Å²) < 4.78 is 67.1. The minimum absolute atomic E-state index is 0.0982. The lowest BCUT2D eigenvalue weighted by Crippen LogP contribution is -2.48. The van der Waals surface area contributed by atoms with Crippen molar-refractivity contribution in [2.45, 2.75) is 36.4 Å². The summed E-state index contributed by atoms with van der Waals surface area (Å²) in [6.07, 6.45) is -2.11. The Morgan fingerprint density at radius 2 is 1.88 bits per heavy atom. The van der Waals surface area contributed by atoms with Crippen molar-refractivity contribution in [3.8, 4) is 0 Å². The molecule has 8 nitrogen and oxygen atoms in total. The highest BCUT2D eigenvalue weighted by molar-refractivity contribution is 7.89. The molecule has 1 unspecified atom stereocenters. The number of aromatic nitrogens is 2. The number of sulfonamides is 1. The van der Waals surface area contributed by atoms with Gasteiger partial charge in [0.05, 0.1) is 4.90 Å². The second kappa shape index (κ2) is 9.20. The number of aryl methyl sites for hydroxylation is 1. The average molecular weight is 474 g/mol. The predicted octanol–water partition coefficient (Wildman–Crippen LogP) is 2.80. The van der Waals surface area contributed by atoms with Gasteiger partial charge >= 0.3 is 6.18 Å². The van der Waals surface area contributed by atoms with E-state index in [-0.39, 0.29) is 22.3 Å². The molecule has 1 N–H and O–H groups in total. The molecule has 12 heteroatoms. The van der Waals surface area contributed by atoms with E-state index in [1.165, 1.54) is 35.6 Å². The summed E-state index contributed by atoms with van der Waals surface area (Å²) in [5.74, 6) is -0.784. The van der Waals surface area contributed by atoms with E-state index in [9.17, 15) is 26.4 Å². The molecule has 1 aliphatic heterocycles. The maximum Gasteiger partial charge on any atom is 0.435 e. The number of benzene rings is 1. The first kappa shape index (κ1) is 24.2. The zero-order valence-corrected chi connectivity index (χ0v) is 18.9. The van der Waals surface area contributed by atoms with Gasteiger partial charge in [-0.05, 0) is 51.2 Å². The lowest BCUT2D eigenvalue weighted by molar-refractivity contribution is -0.141. The number of nitrogens with one attached hydrogen (secondary N) is 1. The number of rotatable bonds is 6. The number of halogens is 3. The number of hydrogen-bond donors (Lipinski definition) is 1. The number of nitrogens with zero attached hydrogens (tertiary/aromatic N) is 4. The number of carbonyl (C=O) groups is 1. The number of amides is 1. The van der Waals surface area contributed by atoms with Crippen molar-refractivity contribution in [1.29, 1.82) is 0 Å². The van der Waals surface area contributed by atoms with E-state index in [1.54, 1.807) is 0 Å². The van der Waals surface area contributed by atoms with Crippen LogP contribution in [0.1, 0.15) is 35.4 Å². The Bertz CT molecular complexity index is 1070. The van der Waals surface area contributed by atoms with Gasteiger partial charge in [-0.25, -0.2) is 8.42 Å². The molecule has 1 atom stereocenters. The number of carbonyl (C=O) groups excluding carboxylic acids is 1. The molecule has 0 radical (unpaired) electrons. The summed E-state index contributed by atoms with van der Waals surface area (Å²) in [6.45, 7) is 1.07. The summed E-state index contributed by atoms with van der Waals surface area (Å²) in [6, 6.07) is 6.15. The van der Waals surface area contributed by atoms with Gasteiger partial charge < -0.3 is 10.2 Å². The van der Waals surface area contributed by atoms with E-state index in [0.29, 0.717) is 19.2 Å². The molecule has 2 aromatic rings. The van der Waals surface area contributed by atoms with Crippen LogP contribution in [0.2, 0.25) is 0 Å². The smallest absolute Gasteiger partial charge is 0.321 e. The molecule has 3 rings (SSSR count). The second-order valence-electron chi connectivity index (χ2n) is 8.04. The molecule has 1 amide bonds. The first-order chi connectivity index (χ1) is 14.9. The normalized spacial score (nSPS) is 18.2. The first-order valence-electron chi connectivity index (χ1n) is 10.1. The van der Waals surface area contributed by atoms with Crippen LogP contribution in [0.25, 0.3) is 0 Å². The molecule has 0 bridgehead atoms. The van der Waals surface area contributed by atoms with Crippen LogP contribution in [0, 0.1) is 0 Å². The summed E-state index contributed by atoms with van der Waals surface area (Å²) in [7, 11) is 1.32. The molecular formula is C20H26F3N5O3S. The average Bonchev–Trinajstić information content (AvgIpc) is 3.10. The predicted molar refractivity (Wildman–Crippen MR) is 113 cm³/mol. The third-order valence-electron chi connectivity index (χ3n) is 5.27. The van der Waals surface area contributed by atoms with Gasteiger partial charge in [0, 0.05) is 37.9 Å². The van der Waals surface area contributed by atoms with Gasteiger partial charge in [0.15, 0.2) is 5.69 Å². The highest BCUT2D eigenvalue weighted by atomic mass is 32.2. The van der Waals surface area contributed by atoms with E-state index in [2.05, 4.69) is 10.4 Å². The second-order valence-corrected chi connectivity index (χ2v) is 9.93. The van der Waals surface area contributed by atoms with Crippen LogP contribution in [0.3, 0.4) is 0 Å². The van der Waals surface area contributed by atoms with Gasteiger partial charge in [-0.15, -0.1) is 0 Å². The van der Waals surface area contributed by atoms with Crippen LogP contribution in [0.4, 0.5) is 18.9 Å². The minimum atomic E-state index is -4.66. The zero-order valence-electron chi connectivity index (χ0n) is 18.1. The first-order valence-corrected chi connectivity index (χ1v) is 11.5. The summed E-state index contributed by atoms with van der Waals surface area (Å²) >= 11 is 0. The van der Waals surface area contributed by atoms with Gasteiger partial charge in [-0.3, -0.25) is 9.48 Å². The lowest BCUT2D eigenvalue weighted by Gasteiger charge is -2.36. The third kappa shape index (κ3) is 5.30. The highest BCUT2D eigenvalue weighted by Gasteiger charge is 2.36. The van der Waals surface area contributed by atoms with Gasteiger partial charge in [0.1, 0.15) is 5.69 Å². The molecule has 176 valence electrons. The molecular weight excluding hydrogens is 447 g/mol. The quantitative estimate of drug-likeness (QED) is 0.697. The molecule has 0 spiro atoms. The molecule has 1 aromatic heterocycles. The molecule has 0 aliphatic carbocycles. The zero-order chi connectivity index (χ0) is 23.7. The van der Waals surface area contributed by atoms with Crippen molar-refractivity contribution in [3.05, 3.63) is 41.7 Å². The SMILES string of the molecule is CN(C)CC1CCCCN1S(=O)(=O)c1ccc(NC(=O)c2cc(C(F)(F)F)nn2C)cc1. The van der Waals surface area contributed by atoms with E-state index >= 15 is 0 Å².